The van der Waals surface area contributed by atoms with E-state index in [0.29, 0.717) is 0 Å². The van der Waals surface area contributed by atoms with E-state index in [1.807, 2.05) is 6.07 Å². The molecule has 0 aliphatic rings. The first kappa shape index (κ1) is 6.56. The third-order valence-corrected chi connectivity index (χ3v) is 1.26. The largest absolute Gasteiger partial charge is 0.502 e. The van der Waals surface area contributed by atoms with Crippen LogP contribution < -0.4 is 4.57 Å². The van der Waals surface area contributed by atoms with Gasteiger partial charge in [-0.2, -0.15) is 9.83 Å². The van der Waals surface area contributed by atoms with Crippen LogP contribution in [0.1, 0.15) is 5.69 Å². The maximum atomic E-state index is 9.05. The Bertz CT molecular complexity index is 268. The van der Waals surface area contributed by atoms with E-state index in [-0.39, 0.29) is 11.4 Å². The lowest BCUT2D eigenvalue weighted by atomic mass is 10.3. The number of hydrogen-bond acceptors (Lipinski definition) is 2. The summed E-state index contributed by atoms with van der Waals surface area (Å²) >= 11 is 0. The summed E-state index contributed by atoms with van der Waals surface area (Å²) in [5.74, 6) is 0.0208. The summed E-state index contributed by atoms with van der Waals surface area (Å²) in [5.41, 5.74) is 0.280. The zero-order valence-corrected chi connectivity index (χ0v) is 5.57. The van der Waals surface area contributed by atoms with Gasteiger partial charge < -0.3 is 5.11 Å². The van der Waals surface area contributed by atoms with Crippen molar-refractivity contribution < 1.29 is 9.67 Å². The number of nitrogens with zero attached hydrogens (tertiary/aromatic N) is 2. The van der Waals surface area contributed by atoms with E-state index in [0.717, 1.165) is 0 Å². The molecule has 3 nitrogen and oxygen atoms in total. The normalized spacial score (nSPS) is 8.80. The Balaban J connectivity index is 3.34. The zero-order chi connectivity index (χ0) is 7.56. The van der Waals surface area contributed by atoms with E-state index in [4.69, 9.17) is 10.4 Å². The van der Waals surface area contributed by atoms with Gasteiger partial charge in [-0.25, -0.2) is 0 Å². The molecule has 50 valence electrons. The smallest absolute Gasteiger partial charge is 0.325 e. The lowest BCUT2D eigenvalue weighted by molar-refractivity contribution is -0.674. The van der Waals surface area contributed by atoms with E-state index >= 15 is 0 Å². The molecule has 0 unspecified atom stereocenters. The molecule has 0 fully saturated rings. The molecular formula is C7H7N2O+. The number of aryl methyl sites for hydroxylation is 1. The topological polar surface area (TPSA) is 47.9 Å². The van der Waals surface area contributed by atoms with Gasteiger partial charge in [0.2, 0.25) is 0 Å². The van der Waals surface area contributed by atoms with Crippen molar-refractivity contribution in [2.75, 3.05) is 0 Å². The highest BCUT2D eigenvalue weighted by atomic mass is 16.3. The summed E-state index contributed by atoms with van der Waals surface area (Å²) in [6.45, 7) is 0. The van der Waals surface area contributed by atoms with Gasteiger partial charge in [-0.1, -0.05) is 0 Å². The minimum atomic E-state index is 0.0208. The minimum Gasteiger partial charge on any atom is -0.502 e. The van der Waals surface area contributed by atoms with Crippen molar-refractivity contribution >= 4 is 0 Å². The van der Waals surface area contributed by atoms with Crippen LogP contribution in [0.4, 0.5) is 0 Å². The van der Waals surface area contributed by atoms with Gasteiger partial charge in [0.25, 0.3) is 0 Å². The van der Waals surface area contributed by atoms with E-state index in [1.54, 1.807) is 23.9 Å². The average Bonchev–Trinajstić information content (AvgIpc) is 1.88. The molecule has 0 aliphatic heterocycles. The summed E-state index contributed by atoms with van der Waals surface area (Å²) < 4.78 is 1.56. The Morgan fingerprint density at radius 1 is 1.70 bits per heavy atom. The Labute approximate surface area is 58.8 Å². The predicted molar refractivity (Wildman–Crippen MR) is 34.0 cm³/mol. The monoisotopic (exact) mass is 135 g/mol. The summed E-state index contributed by atoms with van der Waals surface area (Å²) in [6.07, 6.45) is 1.71. The molecule has 3 heteroatoms. The van der Waals surface area contributed by atoms with Gasteiger partial charge in [0.05, 0.1) is 0 Å². The molecule has 0 bridgehead atoms. The summed E-state index contributed by atoms with van der Waals surface area (Å²) in [6, 6.07) is 5.04. The molecule has 1 N–H and O–H groups in total. The van der Waals surface area contributed by atoms with Gasteiger partial charge in [-0.05, 0) is 6.07 Å². The van der Waals surface area contributed by atoms with Crippen molar-refractivity contribution in [1.29, 1.82) is 5.26 Å². The molecular weight excluding hydrogens is 128 g/mol. The fourth-order valence-electron chi connectivity index (χ4n) is 0.734. The molecule has 0 saturated carbocycles. The number of rotatable bonds is 0. The fourth-order valence-corrected chi connectivity index (χ4v) is 0.734. The van der Waals surface area contributed by atoms with Gasteiger partial charge in [0, 0.05) is 6.07 Å². The van der Waals surface area contributed by atoms with Crippen molar-refractivity contribution in [3.05, 3.63) is 24.0 Å². The number of hydrogen-bond donors (Lipinski definition) is 1. The Kier molecular flexibility index (Phi) is 1.55. The molecule has 1 heterocycles. The molecule has 1 rings (SSSR count). The zero-order valence-electron chi connectivity index (χ0n) is 5.57. The van der Waals surface area contributed by atoms with Crippen molar-refractivity contribution in [2.24, 2.45) is 7.05 Å². The molecule has 10 heavy (non-hydrogen) atoms. The first-order valence-electron chi connectivity index (χ1n) is 2.83. The standard InChI is InChI=1S/C7H6N2O/c1-9-4-2-3-7(10)6(9)5-8/h2-4H,1H3/p+1. The van der Waals surface area contributed by atoms with Crippen molar-refractivity contribution in [2.45, 2.75) is 0 Å². The summed E-state index contributed by atoms with van der Waals surface area (Å²) in [7, 11) is 1.71. The molecule has 0 atom stereocenters. The molecule has 1 aromatic rings. The first-order valence-corrected chi connectivity index (χ1v) is 2.83. The van der Waals surface area contributed by atoms with Gasteiger partial charge in [0.15, 0.2) is 18.0 Å². The molecule has 0 spiro atoms. The Hall–Kier alpha value is -1.56. The van der Waals surface area contributed by atoms with Crippen LogP contribution in [-0.2, 0) is 7.05 Å². The van der Waals surface area contributed by atoms with Crippen LogP contribution in [0, 0.1) is 11.3 Å². The van der Waals surface area contributed by atoms with Crippen LogP contribution in [0.5, 0.6) is 5.75 Å². The second-order valence-electron chi connectivity index (χ2n) is 1.96. The minimum absolute atomic E-state index is 0.0208. The van der Waals surface area contributed by atoms with Crippen LogP contribution in [0.3, 0.4) is 0 Å². The first-order chi connectivity index (χ1) is 4.75. The van der Waals surface area contributed by atoms with Gasteiger partial charge in [-0.3, -0.25) is 0 Å². The Morgan fingerprint density at radius 3 is 2.80 bits per heavy atom. The number of aromatic hydroxyl groups is 1. The van der Waals surface area contributed by atoms with Crippen molar-refractivity contribution in [3.8, 4) is 11.8 Å². The fraction of sp³-hybridized carbons (Fsp3) is 0.143. The van der Waals surface area contributed by atoms with E-state index < -0.39 is 0 Å². The molecule has 0 radical (unpaired) electrons. The molecule has 0 aromatic carbocycles. The maximum Gasteiger partial charge on any atom is 0.325 e. The van der Waals surface area contributed by atoms with Crippen LogP contribution >= 0.6 is 0 Å². The molecule has 1 aromatic heterocycles. The maximum absolute atomic E-state index is 9.05. The summed E-state index contributed by atoms with van der Waals surface area (Å²) in [5, 5.41) is 17.5. The third-order valence-electron chi connectivity index (χ3n) is 1.26. The molecule has 0 aliphatic carbocycles. The predicted octanol–water partition coefficient (Wildman–Crippen LogP) is 0.0884. The van der Waals surface area contributed by atoms with Crippen LogP contribution in [0.15, 0.2) is 18.3 Å². The third kappa shape index (κ3) is 0.914. The van der Waals surface area contributed by atoms with Gasteiger partial charge >= 0.3 is 5.69 Å². The number of nitriles is 1. The number of pyridine rings is 1. The summed E-state index contributed by atoms with van der Waals surface area (Å²) in [4.78, 5) is 0. The SMILES string of the molecule is C[n+]1cccc(O)c1C#N. The van der Waals surface area contributed by atoms with Crippen molar-refractivity contribution in [3.63, 3.8) is 0 Å². The second kappa shape index (κ2) is 2.36. The van der Waals surface area contributed by atoms with Gasteiger partial charge in [0.1, 0.15) is 7.05 Å². The molecule has 0 saturated heterocycles. The average molecular weight is 135 g/mol. The van der Waals surface area contributed by atoms with Crippen molar-refractivity contribution in [1.82, 2.24) is 0 Å². The van der Waals surface area contributed by atoms with E-state index in [9.17, 15) is 0 Å². The van der Waals surface area contributed by atoms with Crippen LogP contribution in [0.2, 0.25) is 0 Å². The highest BCUT2D eigenvalue weighted by Crippen LogP contribution is 2.07. The van der Waals surface area contributed by atoms with E-state index in [1.165, 1.54) is 6.07 Å². The van der Waals surface area contributed by atoms with E-state index in [2.05, 4.69) is 0 Å². The Morgan fingerprint density at radius 2 is 2.40 bits per heavy atom. The lowest BCUT2D eigenvalue weighted by Gasteiger charge is -1.90. The second-order valence-corrected chi connectivity index (χ2v) is 1.96. The van der Waals surface area contributed by atoms with Crippen LogP contribution in [-0.4, -0.2) is 5.11 Å². The molecule has 0 amide bonds. The highest BCUT2D eigenvalue weighted by Gasteiger charge is 2.09. The lowest BCUT2D eigenvalue weighted by Crippen LogP contribution is -2.31. The number of aromatic nitrogens is 1. The van der Waals surface area contributed by atoms with Gasteiger partial charge in [-0.15, -0.1) is 0 Å². The highest BCUT2D eigenvalue weighted by molar-refractivity contribution is 5.30. The van der Waals surface area contributed by atoms with Crippen LogP contribution in [0.25, 0.3) is 0 Å². The quantitative estimate of drug-likeness (QED) is 0.512.